The van der Waals surface area contributed by atoms with Crippen molar-refractivity contribution < 1.29 is 4.43 Å². The predicted molar refractivity (Wildman–Crippen MR) is 83.8 cm³/mol. The molecule has 0 heterocycles. The second kappa shape index (κ2) is 6.40. The van der Waals surface area contributed by atoms with Crippen molar-refractivity contribution in [2.24, 2.45) is 0 Å². The van der Waals surface area contributed by atoms with E-state index in [2.05, 4.69) is 46.0 Å². The van der Waals surface area contributed by atoms with Crippen LogP contribution in [-0.2, 0) is 16.6 Å². The van der Waals surface area contributed by atoms with E-state index in [4.69, 9.17) is 16.0 Å². The van der Waals surface area contributed by atoms with E-state index in [0.717, 1.165) is 17.1 Å². The van der Waals surface area contributed by atoms with Crippen molar-refractivity contribution in [3.8, 4) is 0 Å². The van der Waals surface area contributed by atoms with Crippen LogP contribution in [0.3, 0.4) is 0 Å². The SMILES string of the molecule is CNCc1ccc(Cl)c(C(C)(C)O[Si]C(C)(C)C)c1. The van der Waals surface area contributed by atoms with Gasteiger partial charge in [-0.15, -0.1) is 0 Å². The Balaban J connectivity index is 2.95. The van der Waals surface area contributed by atoms with Crippen LogP contribution in [-0.4, -0.2) is 16.8 Å². The Morgan fingerprint density at radius 2 is 1.84 bits per heavy atom. The molecule has 0 aliphatic rings. The molecule has 1 aromatic rings. The number of halogens is 1. The van der Waals surface area contributed by atoms with Gasteiger partial charge in [0.1, 0.15) is 0 Å². The second-order valence-corrected chi connectivity index (χ2v) is 8.62. The largest absolute Gasteiger partial charge is 0.408 e. The summed E-state index contributed by atoms with van der Waals surface area (Å²) in [4.78, 5) is 0. The van der Waals surface area contributed by atoms with E-state index in [1.165, 1.54) is 5.56 Å². The molecule has 1 N–H and O–H groups in total. The van der Waals surface area contributed by atoms with Crippen molar-refractivity contribution in [2.45, 2.75) is 51.8 Å². The summed E-state index contributed by atoms with van der Waals surface area (Å²) in [5.74, 6) is 0. The third-order valence-corrected chi connectivity index (χ3v) is 4.23. The molecular weight excluding hydrogens is 274 g/mol. The smallest absolute Gasteiger partial charge is 0.236 e. The first-order valence-electron chi connectivity index (χ1n) is 6.54. The van der Waals surface area contributed by atoms with Gasteiger partial charge >= 0.3 is 0 Å². The molecule has 0 atom stereocenters. The summed E-state index contributed by atoms with van der Waals surface area (Å²) in [5.41, 5.74) is 1.91. The Hall–Kier alpha value is -0.353. The molecule has 0 aliphatic carbocycles. The molecule has 1 rings (SSSR count). The molecule has 2 radical (unpaired) electrons. The molecule has 0 bridgehead atoms. The minimum atomic E-state index is -0.368. The molecule has 4 heteroatoms. The molecule has 0 fully saturated rings. The molecule has 0 unspecified atom stereocenters. The van der Waals surface area contributed by atoms with Crippen LogP contribution in [0.25, 0.3) is 0 Å². The first kappa shape index (κ1) is 16.7. The van der Waals surface area contributed by atoms with E-state index in [1.807, 2.05) is 19.2 Å². The number of hydrogen-bond acceptors (Lipinski definition) is 2. The van der Waals surface area contributed by atoms with Crippen LogP contribution in [0, 0.1) is 0 Å². The highest BCUT2D eigenvalue weighted by Gasteiger charge is 2.27. The monoisotopic (exact) mass is 297 g/mol. The highest BCUT2D eigenvalue weighted by atomic mass is 35.5. The minimum Gasteiger partial charge on any atom is -0.408 e. The summed E-state index contributed by atoms with van der Waals surface area (Å²) in [6.07, 6.45) is 0. The molecule has 1 aromatic carbocycles. The fourth-order valence-corrected chi connectivity index (χ4v) is 2.70. The van der Waals surface area contributed by atoms with Crippen LogP contribution < -0.4 is 5.32 Å². The van der Waals surface area contributed by atoms with Crippen LogP contribution in [0.4, 0.5) is 0 Å². The lowest BCUT2D eigenvalue weighted by molar-refractivity contribution is 0.109. The van der Waals surface area contributed by atoms with Gasteiger partial charge in [0.2, 0.25) is 9.76 Å². The average molecular weight is 298 g/mol. The first-order chi connectivity index (χ1) is 8.65. The van der Waals surface area contributed by atoms with Gasteiger partial charge < -0.3 is 9.74 Å². The third kappa shape index (κ3) is 5.26. The molecular formula is C15H24ClNOSi. The van der Waals surface area contributed by atoms with E-state index in [-0.39, 0.29) is 10.6 Å². The molecule has 0 saturated carbocycles. The summed E-state index contributed by atoms with van der Waals surface area (Å²) in [7, 11) is 2.38. The van der Waals surface area contributed by atoms with Gasteiger partial charge in [0.05, 0.1) is 5.60 Å². The maximum Gasteiger partial charge on any atom is 0.236 e. The van der Waals surface area contributed by atoms with Crippen molar-refractivity contribution in [1.82, 2.24) is 5.32 Å². The normalized spacial score (nSPS) is 12.8. The lowest BCUT2D eigenvalue weighted by Gasteiger charge is -2.30. The summed E-state index contributed by atoms with van der Waals surface area (Å²) < 4.78 is 6.12. The number of hydrogen-bond donors (Lipinski definition) is 1. The van der Waals surface area contributed by atoms with Crippen LogP contribution in [0.2, 0.25) is 10.1 Å². The maximum absolute atomic E-state index is 6.33. The Morgan fingerprint density at radius 3 is 2.37 bits per heavy atom. The zero-order valence-corrected chi connectivity index (χ0v) is 14.5. The van der Waals surface area contributed by atoms with Crippen molar-refractivity contribution in [1.29, 1.82) is 0 Å². The zero-order valence-electron chi connectivity index (χ0n) is 12.7. The van der Waals surface area contributed by atoms with E-state index in [1.54, 1.807) is 0 Å². The highest BCUT2D eigenvalue weighted by Crippen LogP contribution is 2.34. The zero-order chi connectivity index (χ0) is 14.7. The van der Waals surface area contributed by atoms with Crippen LogP contribution in [0.1, 0.15) is 45.7 Å². The van der Waals surface area contributed by atoms with E-state index < -0.39 is 0 Å². The lowest BCUT2D eigenvalue weighted by atomic mass is 9.96. The Labute approximate surface area is 124 Å². The van der Waals surface area contributed by atoms with Gasteiger partial charge in [0, 0.05) is 17.1 Å². The van der Waals surface area contributed by atoms with E-state index in [0.29, 0.717) is 9.76 Å². The first-order valence-corrected chi connectivity index (χ1v) is 7.83. The Bertz CT molecular complexity index is 427. The topological polar surface area (TPSA) is 21.3 Å². The predicted octanol–water partition coefficient (Wildman–Crippen LogP) is 4.15. The van der Waals surface area contributed by atoms with Crippen LogP contribution in [0.15, 0.2) is 18.2 Å². The second-order valence-electron chi connectivity index (χ2n) is 6.31. The molecule has 0 aromatic heterocycles. The van der Waals surface area contributed by atoms with Gasteiger partial charge in [-0.3, -0.25) is 0 Å². The summed E-state index contributed by atoms with van der Waals surface area (Å²) >= 11 is 6.33. The fourth-order valence-electron chi connectivity index (χ4n) is 1.68. The molecule has 0 amide bonds. The summed E-state index contributed by atoms with van der Waals surface area (Å²) in [6, 6.07) is 6.13. The summed E-state index contributed by atoms with van der Waals surface area (Å²) in [6.45, 7) is 11.5. The lowest BCUT2D eigenvalue weighted by Crippen LogP contribution is -2.28. The number of rotatable bonds is 5. The Kier molecular flexibility index (Phi) is 5.62. The molecule has 106 valence electrons. The van der Waals surface area contributed by atoms with Crippen molar-refractivity contribution in [3.05, 3.63) is 34.3 Å². The fraction of sp³-hybridized carbons (Fsp3) is 0.600. The van der Waals surface area contributed by atoms with Crippen molar-refractivity contribution in [2.75, 3.05) is 7.05 Å². The molecule has 2 nitrogen and oxygen atoms in total. The van der Waals surface area contributed by atoms with E-state index >= 15 is 0 Å². The quantitative estimate of drug-likeness (QED) is 0.825. The highest BCUT2D eigenvalue weighted by molar-refractivity contribution is 6.32. The molecule has 0 spiro atoms. The number of nitrogens with one attached hydrogen (secondary N) is 1. The Morgan fingerprint density at radius 1 is 1.21 bits per heavy atom. The third-order valence-electron chi connectivity index (χ3n) is 2.67. The summed E-state index contributed by atoms with van der Waals surface area (Å²) in [5, 5.41) is 4.10. The maximum atomic E-state index is 6.33. The van der Waals surface area contributed by atoms with Crippen LogP contribution >= 0.6 is 11.6 Å². The molecule has 0 saturated heterocycles. The molecule has 0 aliphatic heterocycles. The average Bonchev–Trinajstić information content (AvgIpc) is 2.29. The standard InChI is InChI=1S/C15H24ClNOSi/c1-14(2,3)19-18-15(4,5)12-9-11(10-17-6)7-8-13(12)16/h7-9,17H,10H2,1-6H3. The van der Waals surface area contributed by atoms with E-state index in [9.17, 15) is 0 Å². The van der Waals surface area contributed by atoms with Gasteiger partial charge in [-0.1, -0.05) is 44.5 Å². The van der Waals surface area contributed by atoms with Crippen molar-refractivity contribution in [3.63, 3.8) is 0 Å². The van der Waals surface area contributed by atoms with Gasteiger partial charge in [0.25, 0.3) is 0 Å². The molecule has 19 heavy (non-hydrogen) atoms. The van der Waals surface area contributed by atoms with Crippen LogP contribution in [0.5, 0.6) is 0 Å². The number of benzene rings is 1. The van der Waals surface area contributed by atoms with Crippen molar-refractivity contribution >= 4 is 21.4 Å². The van der Waals surface area contributed by atoms with Gasteiger partial charge in [-0.05, 0) is 37.6 Å². The van der Waals surface area contributed by atoms with Gasteiger partial charge in [0.15, 0.2) is 0 Å². The minimum absolute atomic E-state index is 0.173. The van der Waals surface area contributed by atoms with Gasteiger partial charge in [-0.25, -0.2) is 0 Å². The van der Waals surface area contributed by atoms with Gasteiger partial charge in [-0.2, -0.15) is 0 Å².